The third-order valence-electron chi connectivity index (χ3n) is 8.59. The van der Waals surface area contributed by atoms with E-state index >= 15 is 0 Å². The summed E-state index contributed by atoms with van der Waals surface area (Å²) in [7, 11) is 0. The van der Waals surface area contributed by atoms with Gasteiger partial charge in [-0.2, -0.15) is 0 Å². The molecule has 43 heavy (non-hydrogen) atoms. The second-order valence-electron chi connectivity index (χ2n) is 12.5. The number of hydrogen-bond donors (Lipinski definition) is 0. The summed E-state index contributed by atoms with van der Waals surface area (Å²) in [5.41, 5.74) is 10.5. The van der Waals surface area contributed by atoms with Crippen molar-refractivity contribution in [3.8, 4) is 23.0 Å². The molecule has 0 aromatic heterocycles. The normalized spacial score (nSPS) is 14.8. The molecule has 1 atom stereocenters. The Morgan fingerprint density at radius 2 is 1.19 bits per heavy atom. The molecule has 3 aliphatic rings. The van der Waals surface area contributed by atoms with E-state index in [0.717, 1.165) is 54.4 Å². The Labute approximate surface area is 259 Å². The van der Waals surface area contributed by atoms with E-state index in [4.69, 9.17) is 18.9 Å². The predicted molar refractivity (Wildman–Crippen MR) is 178 cm³/mol. The zero-order chi connectivity index (χ0) is 31.1. The quantitative estimate of drug-likeness (QED) is 0.307. The maximum Gasteiger partial charge on any atom is 0.172 e. The maximum atomic E-state index is 5.75. The zero-order valence-electron chi connectivity index (χ0n) is 27.7. The summed E-state index contributed by atoms with van der Waals surface area (Å²) in [5, 5.41) is 0. The molecule has 3 heterocycles. The molecular formula is C39H50O4. The van der Waals surface area contributed by atoms with Crippen LogP contribution in [0.15, 0.2) is 61.3 Å². The molecule has 0 radical (unpaired) electrons. The molecule has 0 amide bonds. The Morgan fingerprint density at radius 1 is 0.605 bits per heavy atom. The Kier molecular flexibility index (Phi) is 11.0. The summed E-state index contributed by atoms with van der Waals surface area (Å²) in [6, 6.07) is 13.0. The van der Waals surface area contributed by atoms with E-state index in [1.807, 2.05) is 13.2 Å². The fraction of sp³-hybridized carbons (Fsp3) is 0.436. The van der Waals surface area contributed by atoms with Crippen molar-refractivity contribution in [3.63, 3.8) is 0 Å². The standard InChI is InChI=1S/C14H18O.C13H18O.C12H14O2/c1-4-10(2)13-8-7-11(3)12-6-5-9-15-14(12)13;1-9(2)11-7-6-10(3)13-12(11)5-4-8-14-13;1-8(2)10-5-4-9(3)11-12(10)14-7-6-13-11/h5,7-10H,4,6H2,1-3H3;6-7,9H,4-5,8H2,1-3H3;4-8H,1-3H3. The summed E-state index contributed by atoms with van der Waals surface area (Å²) in [5.74, 6) is 5.59. The lowest BCUT2D eigenvalue weighted by Gasteiger charge is -2.23. The molecule has 0 aliphatic carbocycles. The highest BCUT2D eigenvalue weighted by molar-refractivity contribution is 5.54. The number of rotatable bonds is 4. The summed E-state index contributed by atoms with van der Waals surface area (Å²) in [6.45, 7) is 20.5. The number of allylic oxidation sites excluding steroid dienone is 1. The van der Waals surface area contributed by atoms with E-state index in [1.165, 1.54) is 45.4 Å². The van der Waals surface area contributed by atoms with Crippen molar-refractivity contribution < 1.29 is 18.9 Å². The fourth-order valence-electron chi connectivity index (χ4n) is 5.80. The van der Waals surface area contributed by atoms with Crippen molar-refractivity contribution in [2.45, 2.75) is 106 Å². The average Bonchev–Trinajstić information content (AvgIpc) is 3.02. The van der Waals surface area contributed by atoms with E-state index < -0.39 is 0 Å². The molecule has 0 N–H and O–H groups in total. The molecule has 4 nitrogen and oxygen atoms in total. The van der Waals surface area contributed by atoms with Crippen molar-refractivity contribution in [2.24, 2.45) is 0 Å². The summed E-state index contributed by atoms with van der Waals surface area (Å²) >= 11 is 0. The van der Waals surface area contributed by atoms with Crippen LogP contribution in [0.3, 0.4) is 0 Å². The van der Waals surface area contributed by atoms with E-state index in [9.17, 15) is 0 Å². The van der Waals surface area contributed by atoms with E-state index in [1.54, 1.807) is 12.5 Å². The maximum absolute atomic E-state index is 5.75. The van der Waals surface area contributed by atoms with Gasteiger partial charge in [-0.05, 0) is 104 Å². The summed E-state index contributed by atoms with van der Waals surface area (Å²) < 4.78 is 22.4. The Hall–Kier alpha value is -3.66. The van der Waals surface area contributed by atoms with Gasteiger partial charge in [-0.25, -0.2) is 0 Å². The van der Waals surface area contributed by atoms with Gasteiger partial charge in [-0.1, -0.05) is 77.9 Å². The van der Waals surface area contributed by atoms with Crippen LogP contribution < -0.4 is 18.9 Å². The molecule has 0 spiro atoms. The van der Waals surface area contributed by atoms with Gasteiger partial charge in [0, 0.05) is 11.1 Å². The number of benzene rings is 3. The number of fused-ring (bicyclic) bond motifs is 3. The van der Waals surface area contributed by atoms with Crippen molar-refractivity contribution >= 4 is 0 Å². The summed E-state index contributed by atoms with van der Waals surface area (Å²) in [6.07, 6.45) is 11.5. The van der Waals surface area contributed by atoms with Crippen LogP contribution in [0.1, 0.15) is 117 Å². The van der Waals surface area contributed by atoms with Gasteiger partial charge in [0.05, 0.1) is 12.9 Å². The minimum Gasteiger partial charge on any atom is -0.493 e. The second-order valence-corrected chi connectivity index (χ2v) is 12.5. The number of aryl methyl sites for hydroxylation is 3. The first kappa shape index (κ1) is 32.3. The lowest BCUT2D eigenvalue weighted by Crippen LogP contribution is -2.12. The minimum absolute atomic E-state index is 0.444. The fourth-order valence-corrected chi connectivity index (χ4v) is 5.80. The topological polar surface area (TPSA) is 36.9 Å². The second kappa shape index (κ2) is 14.7. The van der Waals surface area contributed by atoms with Gasteiger partial charge < -0.3 is 18.9 Å². The van der Waals surface area contributed by atoms with Crippen LogP contribution in [0.5, 0.6) is 23.0 Å². The Balaban J connectivity index is 0.000000148. The van der Waals surface area contributed by atoms with Crippen LogP contribution in [0, 0.1) is 20.8 Å². The molecule has 3 aromatic carbocycles. The first-order chi connectivity index (χ1) is 20.6. The van der Waals surface area contributed by atoms with Gasteiger partial charge in [-0.3, -0.25) is 0 Å². The van der Waals surface area contributed by atoms with Crippen LogP contribution in [-0.2, 0) is 12.8 Å². The van der Waals surface area contributed by atoms with Crippen LogP contribution in [0.25, 0.3) is 0 Å². The van der Waals surface area contributed by atoms with Crippen molar-refractivity contribution in [2.75, 3.05) is 6.61 Å². The van der Waals surface area contributed by atoms with E-state index in [2.05, 4.69) is 97.9 Å². The van der Waals surface area contributed by atoms with Gasteiger partial charge in [0.1, 0.15) is 24.0 Å². The van der Waals surface area contributed by atoms with Crippen LogP contribution in [-0.4, -0.2) is 6.61 Å². The lowest BCUT2D eigenvalue weighted by molar-refractivity contribution is 0.285. The first-order valence-corrected chi connectivity index (χ1v) is 15.9. The number of hydrogen-bond acceptors (Lipinski definition) is 4. The van der Waals surface area contributed by atoms with Gasteiger partial charge in [0.2, 0.25) is 0 Å². The lowest BCUT2D eigenvalue weighted by atomic mass is 9.91. The largest absolute Gasteiger partial charge is 0.493 e. The van der Waals surface area contributed by atoms with E-state index in [-0.39, 0.29) is 0 Å². The third-order valence-corrected chi connectivity index (χ3v) is 8.59. The van der Waals surface area contributed by atoms with Crippen molar-refractivity contribution in [3.05, 3.63) is 106 Å². The molecule has 3 aliphatic heterocycles. The smallest absolute Gasteiger partial charge is 0.172 e. The molecular weight excluding hydrogens is 532 g/mol. The van der Waals surface area contributed by atoms with Crippen molar-refractivity contribution in [1.29, 1.82) is 0 Å². The number of ether oxygens (including phenoxy) is 4. The predicted octanol–water partition coefficient (Wildman–Crippen LogP) is 10.8. The van der Waals surface area contributed by atoms with Gasteiger partial charge in [-0.15, -0.1) is 0 Å². The molecule has 6 rings (SSSR count). The zero-order valence-corrected chi connectivity index (χ0v) is 27.7. The highest BCUT2D eigenvalue weighted by Crippen LogP contribution is 2.40. The molecule has 0 bridgehead atoms. The van der Waals surface area contributed by atoms with E-state index in [0.29, 0.717) is 17.8 Å². The van der Waals surface area contributed by atoms with Crippen LogP contribution in [0.4, 0.5) is 0 Å². The van der Waals surface area contributed by atoms with Gasteiger partial charge >= 0.3 is 0 Å². The highest BCUT2D eigenvalue weighted by atomic mass is 16.5. The average molecular weight is 583 g/mol. The minimum atomic E-state index is 0.444. The molecule has 230 valence electrons. The molecule has 1 unspecified atom stereocenters. The Morgan fingerprint density at radius 3 is 1.86 bits per heavy atom. The summed E-state index contributed by atoms with van der Waals surface area (Å²) in [4.78, 5) is 0. The van der Waals surface area contributed by atoms with Gasteiger partial charge in [0.25, 0.3) is 0 Å². The molecule has 0 fully saturated rings. The molecule has 0 saturated heterocycles. The monoisotopic (exact) mass is 582 g/mol. The van der Waals surface area contributed by atoms with Crippen molar-refractivity contribution in [1.82, 2.24) is 0 Å². The van der Waals surface area contributed by atoms with Gasteiger partial charge in [0.15, 0.2) is 11.5 Å². The third kappa shape index (κ3) is 7.47. The Bertz CT molecular complexity index is 1460. The van der Waals surface area contributed by atoms with Crippen LogP contribution in [0.2, 0.25) is 0 Å². The van der Waals surface area contributed by atoms with Crippen LogP contribution >= 0.6 is 0 Å². The molecule has 3 aromatic rings. The molecule has 0 saturated carbocycles. The highest BCUT2D eigenvalue weighted by Gasteiger charge is 2.19. The SMILES string of the molecule is CCC(C)c1ccc(C)c2c1OC=CC2.Cc1ccc(C(C)C)c2c1OC=CO2.Cc1ccc(C(C)C)c2c1OCCC2. The molecule has 4 heteroatoms. The first-order valence-electron chi connectivity index (χ1n) is 15.9.